The van der Waals surface area contributed by atoms with Gasteiger partial charge < -0.3 is 34.9 Å². The molecule has 0 spiro atoms. The Hall–Kier alpha value is -0.480. The normalized spacial score (nSPS) is 16.3. The average molecular weight is 310 g/mol. The van der Waals surface area contributed by atoms with Crippen LogP contribution in [-0.2, 0) is 18.2 Å². The summed E-state index contributed by atoms with van der Waals surface area (Å²) in [5, 5.41) is 27.2. The van der Waals surface area contributed by atoms with E-state index in [0.717, 1.165) is 0 Å². The number of phosphoric ester groups is 2. The number of aliphatic hydroxyl groups is 3. The number of rotatable bonds is 7. The largest absolute Gasteiger partial charge is 0.506 e. The van der Waals surface area contributed by atoms with Crippen molar-refractivity contribution in [1.29, 1.82) is 0 Å². The van der Waals surface area contributed by atoms with Gasteiger partial charge in [0.05, 0.1) is 6.61 Å². The van der Waals surface area contributed by atoms with E-state index in [1.54, 1.807) is 0 Å². The molecule has 13 heteroatoms. The van der Waals surface area contributed by atoms with Crippen LogP contribution in [0.15, 0.2) is 11.5 Å². The second-order valence-corrected chi connectivity index (χ2v) is 5.38. The van der Waals surface area contributed by atoms with Gasteiger partial charge >= 0.3 is 15.6 Å². The molecule has 1 atom stereocenters. The molecule has 0 aromatic heterocycles. The number of aliphatic hydroxyl groups excluding tert-OH is 3. The molecule has 11 nitrogen and oxygen atoms in total. The van der Waals surface area contributed by atoms with Crippen LogP contribution < -0.4 is 0 Å². The zero-order valence-corrected chi connectivity index (χ0v) is 10.4. The minimum atomic E-state index is -4.87. The quantitative estimate of drug-likeness (QED) is 0.222. The molecular formula is C5H12O11P2. The Morgan fingerprint density at radius 2 is 1.44 bits per heavy atom. The van der Waals surface area contributed by atoms with Crippen LogP contribution in [0.3, 0.4) is 0 Å². The van der Waals surface area contributed by atoms with Crippen LogP contribution in [0, 0.1) is 0 Å². The van der Waals surface area contributed by atoms with E-state index < -0.39 is 46.5 Å². The van der Waals surface area contributed by atoms with Crippen LogP contribution in [0.5, 0.6) is 0 Å². The van der Waals surface area contributed by atoms with Crippen molar-refractivity contribution < 1.29 is 53.1 Å². The molecule has 0 heterocycles. The standard InChI is InChI=1S/C5H12O11P2/c6-3(1-15-17(9,10)11)5(8)4(7)2-16-18(12,13)14/h3,6-8H,1-2H2,(H2,9,10,11)(H2,12,13,14). The third-order valence-corrected chi connectivity index (χ3v) is 2.33. The van der Waals surface area contributed by atoms with Crippen LogP contribution in [0.4, 0.5) is 0 Å². The van der Waals surface area contributed by atoms with E-state index in [-0.39, 0.29) is 0 Å². The predicted octanol–water partition coefficient (Wildman–Crippen LogP) is -1.11. The first-order valence-electron chi connectivity index (χ1n) is 4.11. The highest BCUT2D eigenvalue weighted by Gasteiger charge is 2.23. The lowest BCUT2D eigenvalue weighted by Crippen LogP contribution is -2.20. The zero-order chi connectivity index (χ0) is 14.6. The van der Waals surface area contributed by atoms with E-state index in [1.807, 2.05) is 0 Å². The number of hydrogen-bond acceptors (Lipinski definition) is 7. The Morgan fingerprint density at radius 3 is 1.83 bits per heavy atom. The molecule has 0 bridgehead atoms. The van der Waals surface area contributed by atoms with Gasteiger partial charge in [-0.3, -0.25) is 9.05 Å². The summed E-state index contributed by atoms with van der Waals surface area (Å²) in [5.74, 6) is -2.32. The molecular weight excluding hydrogens is 298 g/mol. The van der Waals surface area contributed by atoms with Gasteiger partial charge in [0.2, 0.25) is 0 Å². The Kier molecular flexibility index (Phi) is 6.44. The molecule has 0 fully saturated rings. The summed E-state index contributed by atoms with van der Waals surface area (Å²) in [6.45, 7) is -2.15. The van der Waals surface area contributed by atoms with Gasteiger partial charge in [-0.25, -0.2) is 9.13 Å². The summed E-state index contributed by atoms with van der Waals surface area (Å²) in [7, 11) is -9.74. The molecule has 1 unspecified atom stereocenters. The minimum Gasteiger partial charge on any atom is -0.506 e. The molecule has 0 aliphatic rings. The van der Waals surface area contributed by atoms with E-state index in [9.17, 15) is 9.13 Å². The highest BCUT2D eigenvalue weighted by atomic mass is 31.2. The van der Waals surface area contributed by atoms with Crippen molar-refractivity contribution in [3.63, 3.8) is 0 Å². The lowest BCUT2D eigenvalue weighted by Gasteiger charge is -2.13. The second kappa shape index (κ2) is 6.62. The van der Waals surface area contributed by atoms with Crippen molar-refractivity contribution in [2.45, 2.75) is 6.10 Å². The van der Waals surface area contributed by atoms with Gasteiger partial charge in [-0.2, -0.15) is 0 Å². The first kappa shape index (κ1) is 17.5. The van der Waals surface area contributed by atoms with Crippen molar-refractivity contribution in [1.82, 2.24) is 0 Å². The Labute approximate surface area is 100 Å². The topological polar surface area (TPSA) is 194 Å². The van der Waals surface area contributed by atoms with E-state index in [2.05, 4.69) is 9.05 Å². The summed E-state index contributed by atoms with van der Waals surface area (Å²) < 4.78 is 28.1. The molecule has 0 saturated heterocycles. The van der Waals surface area contributed by atoms with Crippen LogP contribution >= 0.6 is 15.6 Å². The van der Waals surface area contributed by atoms with Gasteiger partial charge in [0.1, 0.15) is 12.7 Å². The maximum absolute atomic E-state index is 10.3. The number of hydrogen-bond donors (Lipinski definition) is 7. The Bertz CT molecular complexity index is 390. The smallest absolute Gasteiger partial charge is 0.470 e. The van der Waals surface area contributed by atoms with E-state index in [0.29, 0.717) is 0 Å². The van der Waals surface area contributed by atoms with Gasteiger partial charge in [0.15, 0.2) is 11.5 Å². The molecule has 108 valence electrons. The molecule has 0 aliphatic heterocycles. The fourth-order valence-electron chi connectivity index (χ4n) is 0.658. The van der Waals surface area contributed by atoms with Gasteiger partial charge in [-0.05, 0) is 0 Å². The fourth-order valence-corrected chi connectivity index (χ4v) is 1.28. The molecule has 0 amide bonds. The summed E-state index contributed by atoms with van der Waals surface area (Å²) in [6, 6.07) is 0. The van der Waals surface area contributed by atoms with Gasteiger partial charge in [-0.15, -0.1) is 0 Å². The highest BCUT2D eigenvalue weighted by molar-refractivity contribution is 7.46. The maximum atomic E-state index is 10.3. The minimum absolute atomic E-state index is 1.05. The first-order valence-corrected chi connectivity index (χ1v) is 7.17. The molecule has 0 aromatic carbocycles. The third kappa shape index (κ3) is 8.59. The third-order valence-electron chi connectivity index (χ3n) is 1.38. The zero-order valence-electron chi connectivity index (χ0n) is 8.65. The molecule has 0 aromatic rings. The summed E-state index contributed by atoms with van der Waals surface area (Å²) in [4.78, 5) is 33.1. The van der Waals surface area contributed by atoms with Crippen molar-refractivity contribution in [3.8, 4) is 0 Å². The fraction of sp³-hybridized carbons (Fsp3) is 0.600. The van der Waals surface area contributed by atoms with Gasteiger partial charge in [0.25, 0.3) is 0 Å². The molecule has 18 heavy (non-hydrogen) atoms. The molecule has 0 aliphatic carbocycles. The predicted molar refractivity (Wildman–Crippen MR) is 54.3 cm³/mol. The average Bonchev–Trinajstić information content (AvgIpc) is 2.19. The van der Waals surface area contributed by atoms with E-state index >= 15 is 0 Å². The van der Waals surface area contributed by atoms with Crippen LogP contribution in [-0.4, -0.2) is 54.2 Å². The first-order chi connectivity index (χ1) is 7.92. The summed E-state index contributed by atoms with van der Waals surface area (Å²) >= 11 is 0. The summed E-state index contributed by atoms with van der Waals surface area (Å²) in [5.41, 5.74) is 0. The van der Waals surface area contributed by atoms with Crippen LogP contribution in [0.25, 0.3) is 0 Å². The molecule has 0 radical (unpaired) electrons. The number of phosphoric acid groups is 2. The van der Waals surface area contributed by atoms with Crippen molar-refractivity contribution in [2.75, 3.05) is 13.2 Å². The maximum Gasteiger partial charge on any atom is 0.470 e. The molecule has 7 N–H and O–H groups in total. The van der Waals surface area contributed by atoms with E-state index in [1.165, 1.54) is 0 Å². The summed E-state index contributed by atoms with van der Waals surface area (Å²) in [6.07, 6.45) is -2.00. The van der Waals surface area contributed by atoms with Gasteiger partial charge in [-0.1, -0.05) is 0 Å². The Morgan fingerprint density at radius 1 is 1.00 bits per heavy atom. The van der Waals surface area contributed by atoms with Crippen molar-refractivity contribution in [3.05, 3.63) is 11.5 Å². The lowest BCUT2D eigenvalue weighted by molar-refractivity contribution is 0.0690. The second-order valence-electron chi connectivity index (χ2n) is 2.90. The monoisotopic (exact) mass is 310 g/mol. The van der Waals surface area contributed by atoms with Crippen LogP contribution in [0.1, 0.15) is 0 Å². The van der Waals surface area contributed by atoms with Crippen molar-refractivity contribution in [2.24, 2.45) is 0 Å². The molecule has 0 saturated carbocycles. The van der Waals surface area contributed by atoms with Crippen LogP contribution in [0.2, 0.25) is 0 Å². The van der Waals surface area contributed by atoms with Crippen molar-refractivity contribution >= 4 is 15.6 Å². The lowest BCUT2D eigenvalue weighted by atomic mass is 10.3. The molecule has 0 rings (SSSR count). The Balaban J connectivity index is 4.45. The van der Waals surface area contributed by atoms with Gasteiger partial charge in [0, 0.05) is 0 Å². The SMILES string of the molecule is O=P(O)(O)OCC(O)=C(O)C(O)COP(=O)(O)O. The highest BCUT2D eigenvalue weighted by Crippen LogP contribution is 2.37. The van der Waals surface area contributed by atoms with E-state index in [4.69, 9.17) is 34.9 Å².